The number of rotatable bonds is 8. The zero-order chi connectivity index (χ0) is 20.7. The molecule has 0 heterocycles. The molecule has 1 unspecified atom stereocenters. The second kappa shape index (κ2) is 10.2. The number of amides is 2. The van der Waals surface area contributed by atoms with E-state index in [1.165, 1.54) is 24.3 Å². The zero-order valence-corrected chi connectivity index (χ0v) is 15.9. The molecule has 2 rings (SSSR count). The van der Waals surface area contributed by atoms with Gasteiger partial charge in [0.2, 0.25) is 5.91 Å². The summed E-state index contributed by atoms with van der Waals surface area (Å²) in [6, 6.07) is 7.28. The average molecular weight is 433 g/mol. The minimum absolute atomic E-state index is 0.0383. The Bertz CT molecular complexity index is 867. The van der Waals surface area contributed by atoms with E-state index in [9.17, 15) is 23.5 Å². The highest BCUT2D eigenvalue weighted by Gasteiger charge is 2.13. The molecule has 10 heteroatoms. The first-order valence-electron chi connectivity index (χ1n) is 8.02. The third kappa shape index (κ3) is 6.63. The highest BCUT2D eigenvalue weighted by molar-refractivity contribution is 6.36. The van der Waals surface area contributed by atoms with E-state index in [0.717, 1.165) is 12.1 Å². The van der Waals surface area contributed by atoms with Crippen molar-refractivity contribution in [1.82, 2.24) is 10.6 Å². The van der Waals surface area contributed by atoms with Crippen molar-refractivity contribution < 1.29 is 28.2 Å². The standard InChI is InChI=1S/C18H16Cl2F2N2O4/c19-10-1-3-13(14(20)5-10)18(27)24-8-17(26)23-7-11(25)9-28-12-2-4-15(21)16(22)6-12/h1-6,11,25H,7-9H2,(H,23,26)(H,24,27). The van der Waals surface area contributed by atoms with Crippen molar-refractivity contribution in [3.8, 4) is 5.75 Å². The monoisotopic (exact) mass is 432 g/mol. The summed E-state index contributed by atoms with van der Waals surface area (Å²) in [6.07, 6.45) is -1.10. The minimum Gasteiger partial charge on any atom is -0.491 e. The van der Waals surface area contributed by atoms with Crippen LogP contribution in [0.15, 0.2) is 36.4 Å². The van der Waals surface area contributed by atoms with Crippen LogP contribution in [0.2, 0.25) is 10.0 Å². The van der Waals surface area contributed by atoms with E-state index in [4.69, 9.17) is 27.9 Å². The Morgan fingerprint density at radius 2 is 1.82 bits per heavy atom. The van der Waals surface area contributed by atoms with Crippen LogP contribution in [0.4, 0.5) is 8.78 Å². The Morgan fingerprint density at radius 3 is 2.50 bits per heavy atom. The Morgan fingerprint density at radius 1 is 1.07 bits per heavy atom. The van der Waals surface area contributed by atoms with E-state index < -0.39 is 29.6 Å². The summed E-state index contributed by atoms with van der Waals surface area (Å²) in [5, 5.41) is 15.1. The number of benzene rings is 2. The third-order valence-corrected chi connectivity index (χ3v) is 4.00. The minimum atomic E-state index is -1.10. The lowest BCUT2D eigenvalue weighted by Crippen LogP contribution is -2.41. The van der Waals surface area contributed by atoms with Crippen molar-refractivity contribution in [3.05, 3.63) is 63.6 Å². The fourth-order valence-electron chi connectivity index (χ4n) is 2.04. The molecule has 0 saturated heterocycles. The number of aliphatic hydroxyl groups excluding tert-OH is 1. The van der Waals surface area contributed by atoms with Crippen LogP contribution < -0.4 is 15.4 Å². The van der Waals surface area contributed by atoms with Crippen molar-refractivity contribution in [2.75, 3.05) is 19.7 Å². The molecule has 6 nitrogen and oxygen atoms in total. The summed E-state index contributed by atoms with van der Waals surface area (Å²) in [5.41, 5.74) is 0.166. The van der Waals surface area contributed by atoms with E-state index in [2.05, 4.69) is 10.6 Å². The highest BCUT2D eigenvalue weighted by atomic mass is 35.5. The number of hydrogen-bond donors (Lipinski definition) is 3. The van der Waals surface area contributed by atoms with Crippen molar-refractivity contribution in [1.29, 1.82) is 0 Å². The average Bonchev–Trinajstić information content (AvgIpc) is 2.65. The quantitative estimate of drug-likeness (QED) is 0.598. The Labute approximate surface area is 169 Å². The molecular formula is C18H16Cl2F2N2O4. The maximum Gasteiger partial charge on any atom is 0.253 e. The molecule has 0 aliphatic heterocycles. The third-order valence-electron chi connectivity index (χ3n) is 3.45. The van der Waals surface area contributed by atoms with E-state index in [-0.39, 0.29) is 36.0 Å². The summed E-state index contributed by atoms with van der Waals surface area (Å²) < 4.78 is 31.0. The molecule has 0 bridgehead atoms. The fourth-order valence-corrected chi connectivity index (χ4v) is 2.54. The molecule has 2 aromatic rings. The smallest absolute Gasteiger partial charge is 0.253 e. The van der Waals surface area contributed by atoms with Gasteiger partial charge in [-0.05, 0) is 30.3 Å². The van der Waals surface area contributed by atoms with Crippen LogP contribution >= 0.6 is 23.2 Å². The Kier molecular flexibility index (Phi) is 7.98. The normalized spacial score (nSPS) is 11.6. The molecule has 0 aliphatic carbocycles. The number of carbonyl (C=O) groups is 2. The number of hydrogen-bond acceptors (Lipinski definition) is 4. The number of halogens is 4. The van der Waals surface area contributed by atoms with Crippen LogP contribution in [0.1, 0.15) is 10.4 Å². The lowest BCUT2D eigenvalue weighted by atomic mass is 10.2. The first-order chi connectivity index (χ1) is 13.3. The number of carbonyl (C=O) groups excluding carboxylic acids is 2. The highest BCUT2D eigenvalue weighted by Crippen LogP contribution is 2.20. The van der Waals surface area contributed by atoms with Gasteiger partial charge in [0.05, 0.1) is 17.1 Å². The second-order valence-electron chi connectivity index (χ2n) is 5.65. The van der Waals surface area contributed by atoms with E-state index >= 15 is 0 Å². The Balaban J connectivity index is 1.71. The number of aliphatic hydroxyl groups is 1. The number of ether oxygens (including phenoxy) is 1. The fraction of sp³-hybridized carbons (Fsp3) is 0.222. The molecular weight excluding hydrogens is 417 g/mol. The molecule has 0 saturated carbocycles. The molecule has 2 aromatic carbocycles. The van der Waals surface area contributed by atoms with Crippen LogP contribution in [0.3, 0.4) is 0 Å². The maximum atomic E-state index is 13.1. The summed E-state index contributed by atoms with van der Waals surface area (Å²) in [5.74, 6) is -3.15. The molecule has 3 N–H and O–H groups in total. The van der Waals surface area contributed by atoms with Gasteiger partial charge in [-0.3, -0.25) is 9.59 Å². The van der Waals surface area contributed by atoms with Crippen LogP contribution in [-0.4, -0.2) is 42.7 Å². The van der Waals surface area contributed by atoms with Crippen molar-refractivity contribution >= 4 is 35.0 Å². The van der Waals surface area contributed by atoms with Gasteiger partial charge in [-0.2, -0.15) is 0 Å². The van der Waals surface area contributed by atoms with Crippen molar-refractivity contribution in [2.45, 2.75) is 6.10 Å². The largest absolute Gasteiger partial charge is 0.491 e. The van der Waals surface area contributed by atoms with Crippen LogP contribution in [0.5, 0.6) is 5.75 Å². The molecule has 0 radical (unpaired) electrons. The lowest BCUT2D eigenvalue weighted by Gasteiger charge is -2.14. The van der Waals surface area contributed by atoms with Crippen molar-refractivity contribution in [3.63, 3.8) is 0 Å². The van der Waals surface area contributed by atoms with E-state index in [1.807, 2.05) is 0 Å². The molecule has 0 fully saturated rings. The van der Waals surface area contributed by atoms with Gasteiger partial charge in [-0.15, -0.1) is 0 Å². The first kappa shape index (κ1) is 21.9. The molecule has 2 amide bonds. The molecule has 0 aromatic heterocycles. The van der Waals surface area contributed by atoms with Gasteiger partial charge in [0.15, 0.2) is 11.6 Å². The van der Waals surface area contributed by atoms with Crippen molar-refractivity contribution in [2.24, 2.45) is 0 Å². The lowest BCUT2D eigenvalue weighted by molar-refractivity contribution is -0.120. The predicted molar refractivity (Wildman–Crippen MR) is 99.7 cm³/mol. The summed E-state index contributed by atoms with van der Waals surface area (Å²) in [7, 11) is 0. The van der Waals surface area contributed by atoms with Gasteiger partial charge in [0.1, 0.15) is 18.5 Å². The first-order valence-corrected chi connectivity index (χ1v) is 8.77. The molecule has 150 valence electrons. The van der Waals surface area contributed by atoms with Gasteiger partial charge in [-0.25, -0.2) is 8.78 Å². The second-order valence-corrected chi connectivity index (χ2v) is 6.50. The van der Waals surface area contributed by atoms with Gasteiger partial charge in [0, 0.05) is 17.6 Å². The summed E-state index contributed by atoms with van der Waals surface area (Å²) in [4.78, 5) is 23.7. The molecule has 28 heavy (non-hydrogen) atoms. The summed E-state index contributed by atoms with van der Waals surface area (Å²) in [6.45, 7) is -0.757. The predicted octanol–water partition coefficient (Wildman–Crippen LogP) is 2.56. The summed E-state index contributed by atoms with van der Waals surface area (Å²) >= 11 is 11.7. The molecule has 1 atom stereocenters. The molecule has 0 aliphatic rings. The molecule has 0 spiro atoms. The topological polar surface area (TPSA) is 87.7 Å². The van der Waals surface area contributed by atoms with Gasteiger partial charge in [-0.1, -0.05) is 23.2 Å². The zero-order valence-electron chi connectivity index (χ0n) is 14.3. The van der Waals surface area contributed by atoms with Crippen LogP contribution in [-0.2, 0) is 4.79 Å². The van der Waals surface area contributed by atoms with Gasteiger partial charge >= 0.3 is 0 Å². The maximum absolute atomic E-state index is 13.1. The van der Waals surface area contributed by atoms with E-state index in [0.29, 0.717) is 5.02 Å². The Hall–Kier alpha value is -2.42. The van der Waals surface area contributed by atoms with E-state index in [1.54, 1.807) is 0 Å². The van der Waals surface area contributed by atoms with Crippen LogP contribution in [0, 0.1) is 11.6 Å². The number of nitrogens with one attached hydrogen (secondary N) is 2. The van der Waals surface area contributed by atoms with Crippen LogP contribution in [0.25, 0.3) is 0 Å². The SMILES string of the molecule is O=C(CNC(=O)c1ccc(Cl)cc1Cl)NCC(O)COc1ccc(F)c(F)c1. The van der Waals surface area contributed by atoms with Gasteiger partial charge in [0.25, 0.3) is 5.91 Å². The van der Waals surface area contributed by atoms with Gasteiger partial charge < -0.3 is 20.5 Å².